The molecule has 1 atom stereocenters. The third kappa shape index (κ3) is 3.54. The van der Waals surface area contributed by atoms with Crippen molar-refractivity contribution in [2.45, 2.75) is 12.6 Å². The topological polar surface area (TPSA) is 70.2 Å². The molecule has 0 aliphatic rings. The van der Waals surface area contributed by atoms with Crippen LogP contribution in [0.25, 0.3) is 0 Å². The minimum atomic E-state index is -0.0201. The summed E-state index contributed by atoms with van der Waals surface area (Å²) in [6.07, 6.45) is 3.37. The molecule has 1 aromatic heterocycles. The zero-order chi connectivity index (χ0) is 9.52. The zero-order valence-corrected chi connectivity index (χ0v) is 7.66. The number of hydrogen-bond donors (Lipinski definition) is 3. The van der Waals surface area contributed by atoms with Gasteiger partial charge in [0, 0.05) is 25.5 Å². The van der Waals surface area contributed by atoms with Crippen LogP contribution in [0.15, 0.2) is 12.5 Å². The average Bonchev–Trinajstić information content (AvgIpc) is 2.64. The number of aromatic amines is 1. The number of aliphatic hydroxyl groups excluding tert-OH is 1. The molecular weight excluding hydrogens is 170 g/mol. The quantitative estimate of drug-likeness (QED) is 0.559. The van der Waals surface area contributed by atoms with E-state index in [0.717, 1.165) is 5.69 Å². The fraction of sp³-hybridized carbons (Fsp3) is 0.625. The number of hydrogen-bond acceptors (Lipinski definition) is 4. The summed E-state index contributed by atoms with van der Waals surface area (Å²) in [5.74, 6) is 0. The number of nitrogens with one attached hydrogen (secondary N) is 2. The monoisotopic (exact) mass is 185 g/mol. The fourth-order valence-corrected chi connectivity index (χ4v) is 1.01. The Bertz CT molecular complexity index is 213. The molecule has 0 saturated heterocycles. The summed E-state index contributed by atoms with van der Waals surface area (Å²) in [4.78, 5) is 6.85. The number of methoxy groups -OCH3 is 1. The lowest BCUT2D eigenvalue weighted by Gasteiger charge is -2.13. The Morgan fingerprint density at radius 2 is 2.62 bits per heavy atom. The highest BCUT2D eigenvalue weighted by Crippen LogP contribution is 1.91. The van der Waals surface area contributed by atoms with Crippen molar-refractivity contribution < 1.29 is 9.84 Å². The summed E-state index contributed by atoms with van der Waals surface area (Å²) in [6, 6.07) is -0.0201. The van der Waals surface area contributed by atoms with Crippen LogP contribution >= 0.6 is 0 Å². The molecule has 0 saturated carbocycles. The SMILES string of the molecule is COCC(CO)NCc1cnc[nH]1. The highest BCUT2D eigenvalue weighted by Gasteiger charge is 2.05. The van der Waals surface area contributed by atoms with Gasteiger partial charge in [-0.1, -0.05) is 0 Å². The highest BCUT2D eigenvalue weighted by atomic mass is 16.5. The first-order valence-electron chi connectivity index (χ1n) is 4.17. The number of ether oxygens (including phenoxy) is 1. The minimum Gasteiger partial charge on any atom is -0.395 e. The van der Waals surface area contributed by atoms with Gasteiger partial charge in [0.05, 0.1) is 25.6 Å². The molecule has 0 amide bonds. The maximum atomic E-state index is 8.92. The summed E-state index contributed by atoms with van der Waals surface area (Å²) in [6.45, 7) is 1.24. The number of rotatable bonds is 6. The van der Waals surface area contributed by atoms with Gasteiger partial charge in [-0.3, -0.25) is 0 Å². The Hall–Kier alpha value is -0.910. The van der Waals surface area contributed by atoms with Crippen molar-refractivity contribution in [3.05, 3.63) is 18.2 Å². The maximum Gasteiger partial charge on any atom is 0.0922 e. The van der Waals surface area contributed by atoms with E-state index in [-0.39, 0.29) is 12.6 Å². The van der Waals surface area contributed by atoms with Crippen LogP contribution in [0.1, 0.15) is 5.69 Å². The molecule has 0 spiro atoms. The Kier molecular flexibility index (Phi) is 4.45. The molecule has 0 aromatic carbocycles. The van der Waals surface area contributed by atoms with E-state index < -0.39 is 0 Å². The van der Waals surface area contributed by atoms with Crippen LogP contribution in [0.4, 0.5) is 0 Å². The van der Waals surface area contributed by atoms with E-state index in [9.17, 15) is 0 Å². The van der Waals surface area contributed by atoms with E-state index in [0.29, 0.717) is 13.2 Å². The lowest BCUT2D eigenvalue weighted by molar-refractivity contribution is 0.128. The van der Waals surface area contributed by atoms with Gasteiger partial charge in [0.25, 0.3) is 0 Å². The number of aliphatic hydroxyl groups is 1. The number of imidazole rings is 1. The van der Waals surface area contributed by atoms with Crippen molar-refractivity contribution in [1.29, 1.82) is 0 Å². The minimum absolute atomic E-state index is 0.0201. The van der Waals surface area contributed by atoms with Crippen molar-refractivity contribution in [3.63, 3.8) is 0 Å². The van der Waals surface area contributed by atoms with Gasteiger partial charge in [-0.2, -0.15) is 0 Å². The van der Waals surface area contributed by atoms with Gasteiger partial charge in [-0.25, -0.2) is 4.98 Å². The van der Waals surface area contributed by atoms with E-state index in [1.165, 1.54) is 0 Å². The van der Waals surface area contributed by atoms with Crippen LogP contribution < -0.4 is 5.32 Å². The molecule has 5 nitrogen and oxygen atoms in total. The zero-order valence-electron chi connectivity index (χ0n) is 7.66. The summed E-state index contributed by atoms with van der Waals surface area (Å²) in [5, 5.41) is 12.0. The number of H-pyrrole nitrogens is 1. The molecule has 0 bridgehead atoms. The predicted octanol–water partition coefficient (Wildman–Crippen LogP) is -0.493. The van der Waals surface area contributed by atoms with E-state index in [1.807, 2.05) is 0 Å². The average molecular weight is 185 g/mol. The van der Waals surface area contributed by atoms with Gasteiger partial charge in [0.1, 0.15) is 0 Å². The molecule has 0 fully saturated rings. The second kappa shape index (κ2) is 5.69. The van der Waals surface area contributed by atoms with Crippen LogP contribution in [0, 0.1) is 0 Å². The van der Waals surface area contributed by atoms with E-state index in [4.69, 9.17) is 9.84 Å². The second-order valence-electron chi connectivity index (χ2n) is 2.79. The molecule has 13 heavy (non-hydrogen) atoms. The molecule has 0 aliphatic carbocycles. The molecule has 1 unspecified atom stereocenters. The van der Waals surface area contributed by atoms with Crippen LogP contribution in [0.3, 0.4) is 0 Å². The van der Waals surface area contributed by atoms with Crippen molar-refractivity contribution in [2.75, 3.05) is 20.3 Å². The summed E-state index contributed by atoms with van der Waals surface area (Å²) >= 11 is 0. The first-order chi connectivity index (χ1) is 6.36. The largest absolute Gasteiger partial charge is 0.395 e. The lowest BCUT2D eigenvalue weighted by atomic mass is 10.3. The first kappa shape index (κ1) is 10.2. The molecule has 5 heteroatoms. The molecule has 3 N–H and O–H groups in total. The summed E-state index contributed by atoms with van der Waals surface area (Å²) in [5.41, 5.74) is 0.995. The van der Waals surface area contributed by atoms with Gasteiger partial charge >= 0.3 is 0 Å². The van der Waals surface area contributed by atoms with Crippen LogP contribution in [-0.2, 0) is 11.3 Å². The molecule has 0 radical (unpaired) electrons. The molecule has 1 aromatic rings. The molecule has 74 valence electrons. The first-order valence-corrected chi connectivity index (χ1v) is 4.17. The smallest absolute Gasteiger partial charge is 0.0922 e. The van der Waals surface area contributed by atoms with Crippen molar-refractivity contribution in [2.24, 2.45) is 0 Å². The Balaban J connectivity index is 2.23. The third-order valence-electron chi connectivity index (χ3n) is 1.72. The fourth-order valence-electron chi connectivity index (χ4n) is 1.01. The third-order valence-corrected chi connectivity index (χ3v) is 1.72. The van der Waals surface area contributed by atoms with Gasteiger partial charge < -0.3 is 20.1 Å². The predicted molar refractivity (Wildman–Crippen MR) is 48.2 cm³/mol. The highest BCUT2D eigenvalue weighted by molar-refractivity contribution is 4.93. The molecule has 1 heterocycles. The molecule has 0 aliphatic heterocycles. The Morgan fingerprint density at radius 1 is 1.77 bits per heavy atom. The van der Waals surface area contributed by atoms with Gasteiger partial charge in [0.2, 0.25) is 0 Å². The van der Waals surface area contributed by atoms with Crippen molar-refractivity contribution >= 4 is 0 Å². The van der Waals surface area contributed by atoms with E-state index in [1.54, 1.807) is 19.6 Å². The van der Waals surface area contributed by atoms with E-state index >= 15 is 0 Å². The number of nitrogens with zero attached hydrogens (tertiary/aromatic N) is 1. The Labute approximate surface area is 77.1 Å². The second-order valence-corrected chi connectivity index (χ2v) is 2.79. The van der Waals surface area contributed by atoms with Crippen molar-refractivity contribution in [1.82, 2.24) is 15.3 Å². The van der Waals surface area contributed by atoms with Gasteiger partial charge in [0.15, 0.2) is 0 Å². The van der Waals surface area contributed by atoms with Gasteiger partial charge in [-0.15, -0.1) is 0 Å². The van der Waals surface area contributed by atoms with Crippen molar-refractivity contribution in [3.8, 4) is 0 Å². The maximum absolute atomic E-state index is 8.92. The lowest BCUT2D eigenvalue weighted by Crippen LogP contribution is -2.35. The number of aromatic nitrogens is 2. The van der Waals surface area contributed by atoms with Crippen LogP contribution in [0.2, 0.25) is 0 Å². The molecule has 1 rings (SSSR count). The molecular formula is C8H15N3O2. The van der Waals surface area contributed by atoms with Gasteiger partial charge in [-0.05, 0) is 0 Å². The standard InChI is InChI=1S/C8H15N3O2/c1-13-5-8(4-12)10-3-7-2-9-6-11-7/h2,6,8,10,12H,3-5H2,1H3,(H,9,11). The van der Waals surface area contributed by atoms with E-state index in [2.05, 4.69) is 15.3 Å². The summed E-state index contributed by atoms with van der Waals surface area (Å²) < 4.78 is 4.92. The van der Waals surface area contributed by atoms with Crippen LogP contribution in [-0.4, -0.2) is 41.4 Å². The van der Waals surface area contributed by atoms with Crippen LogP contribution in [0.5, 0.6) is 0 Å². The summed E-state index contributed by atoms with van der Waals surface area (Å²) in [7, 11) is 1.61. The normalized spacial score (nSPS) is 13.1. The Morgan fingerprint density at radius 3 is 3.15 bits per heavy atom.